The van der Waals surface area contributed by atoms with Crippen LogP contribution in [0.25, 0.3) is 22.4 Å². The lowest BCUT2D eigenvalue weighted by Crippen LogP contribution is -2.09. The van der Waals surface area contributed by atoms with Gasteiger partial charge in [0, 0.05) is 10.0 Å². The highest BCUT2D eigenvalue weighted by Gasteiger charge is 2.12. The second kappa shape index (κ2) is 7.34. The van der Waals surface area contributed by atoms with Crippen LogP contribution >= 0.6 is 15.9 Å². The summed E-state index contributed by atoms with van der Waals surface area (Å²) >= 11 is 3.50. The molecule has 0 fully saturated rings. The topological polar surface area (TPSA) is 27.1 Å². The number of fused-ring (bicyclic) bond motifs is 1. The van der Waals surface area contributed by atoms with E-state index in [-0.39, 0.29) is 0 Å². The first-order valence-corrected chi connectivity index (χ1v) is 9.41. The maximum atomic E-state index is 5.96. The molecule has 0 bridgehead atoms. The van der Waals surface area contributed by atoms with Gasteiger partial charge in [-0.3, -0.25) is 0 Å². The molecule has 3 nitrogen and oxygen atoms in total. The van der Waals surface area contributed by atoms with Gasteiger partial charge in [0.05, 0.1) is 17.6 Å². The standard InChI is InChI=1S/C22H19BrN2O/c1-16-5-4-6-19(15-16)26-14-13-25-21-8-3-2-7-20(21)24-22(25)17-9-11-18(23)12-10-17/h2-12,15H,13-14H2,1H3. The maximum absolute atomic E-state index is 5.96. The van der Waals surface area contributed by atoms with Gasteiger partial charge in [-0.1, -0.05) is 52.3 Å². The number of benzene rings is 3. The fraction of sp³-hybridized carbons (Fsp3) is 0.136. The normalized spacial score (nSPS) is 11.0. The lowest BCUT2D eigenvalue weighted by Gasteiger charge is -2.11. The van der Waals surface area contributed by atoms with E-state index in [1.54, 1.807) is 0 Å². The van der Waals surface area contributed by atoms with Gasteiger partial charge in [0.2, 0.25) is 0 Å². The molecular weight excluding hydrogens is 388 g/mol. The first-order chi connectivity index (χ1) is 12.7. The highest BCUT2D eigenvalue weighted by molar-refractivity contribution is 9.10. The Bertz CT molecular complexity index is 1040. The molecule has 0 amide bonds. The van der Waals surface area contributed by atoms with Gasteiger partial charge in [-0.15, -0.1) is 0 Å². The van der Waals surface area contributed by atoms with Gasteiger partial charge in [-0.25, -0.2) is 4.98 Å². The van der Waals surface area contributed by atoms with Gasteiger partial charge < -0.3 is 9.30 Å². The average Bonchev–Trinajstić information content (AvgIpc) is 3.01. The third-order valence-corrected chi connectivity index (χ3v) is 4.86. The number of imidazole rings is 1. The smallest absolute Gasteiger partial charge is 0.141 e. The lowest BCUT2D eigenvalue weighted by molar-refractivity contribution is 0.300. The van der Waals surface area contributed by atoms with Crippen LogP contribution in [-0.4, -0.2) is 16.2 Å². The molecular formula is C22H19BrN2O. The molecule has 0 saturated carbocycles. The molecule has 0 aliphatic rings. The quantitative estimate of drug-likeness (QED) is 0.415. The van der Waals surface area contributed by atoms with Crippen molar-refractivity contribution in [3.63, 3.8) is 0 Å². The monoisotopic (exact) mass is 406 g/mol. The Morgan fingerprint density at radius 1 is 0.962 bits per heavy atom. The highest BCUT2D eigenvalue weighted by atomic mass is 79.9. The number of aryl methyl sites for hydroxylation is 1. The highest BCUT2D eigenvalue weighted by Crippen LogP contribution is 2.26. The van der Waals surface area contributed by atoms with Crippen molar-refractivity contribution in [1.82, 2.24) is 9.55 Å². The summed E-state index contributed by atoms with van der Waals surface area (Å²) in [5.41, 5.74) is 4.42. The van der Waals surface area contributed by atoms with Crippen LogP contribution in [0.5, 0.6) is 5.75 Å². The molecule has 4 aromatic rings. The second-order valence-corrected chi connectivity index (χ2v) is 7.16. The maximum Gasteiger partial charge on any atom is 0.141 e. The number of hydrogen-bond donors (Lipinski definition) is 0. The minimum absolute atomic E-state index is 0.591. The van der Waals surface area contributed by atoms with Crippen molar-refractivity contribution in [2.45, 2.75) is 13.5 Å². The summed E-state index contributed by atoms with van der Waals surface area (Å²) in [5.74, 6) is 1.87. The zero-order valence-corrected chi connectivity index (χ0v) is 16.1. The Hall–Kier alpha value is -2.59. The van der Waals surface area contributed by atoms with E-state index in [9.17, 15) is 0 Å². The first kappa shape index (κ1) is 16.9. The fourth-order valence-electron chi connectivity index (χ4n) is 3.08. The van der Waals surface area contributed by atoms with Crippen LogP contribution in [0.4, 0.5) is 0 Å². The molecule has 0 aliphatic heterocycles. The van der Waals surface area contributed by atoms with E-state index < -0.39 is 0 Å². The summed E-state index contributed by atoms with van der Waals surface area (Å²) in [4.78, 5) is 4.84. The average molecular weight is 407 g/mol. The van der Waals surface area contributed by atoms with Crippen LogP contribution in [-0.2, 0) is 6.54 Å². The van der Waals surface area contributed by atoms with Gasteiger partial charge in [0.15, 0.2) is 0 Å². The molecule has 1 aromatic heterocycles. The molecule has 3 aromatic carbocycles. The summed E-state index contributed by atoms with van der Waals surface area (Å²) in [5, 5.41) is 0. The molecule has 4 heteroatoms. The van der Waals surface area contributed by atoms with Gasteiger partial charge in [0.25, 0.3) is 0 Å². The zero-order valence-electron chi connectivity index (χ0n) is 14.5. The van der Waals surface area contributed by atoms with Crippen molar-refractivity contribution < 1.29 is 4.74 Å². The Morgan fingerprint density at radius 2 is 1.77 bits per heavy atom. The number of halogens is 1. The second-order valence-electron chi connectivity index (χ2n) is 6.25. The van der Waals surface area contributed by atoms with Gasteiger partial charge in [0.1, 0.15) is 18.2 Å². The van der Waals surface area contributed by atoms with E-state index in [0.29, 0.717) is 6.61 Å². The Kier molecular flexibility index (Phi) is 4.76. The third-order valence-electron chi connectivity index (χ3n) is 4.33. The molecule has 130 valence electrons. The number of nitrogens with zero attached hydrogens (tertiary/aromatic N) is 2. The Balaban J connectivity index is 1.64. The van der Waals surface area contributed by atoms with Crippen LogP contribution in [0.1, 0.15) is 5.56 Å². The van der Waals surface area contributed by atoms with Crippen molar-refractivity contribution in [2.24, 2.45) is 0 Å². The summed E-state index contributed by atoms with van der Waals surface area (Å²) in [7, 11) is 0. The summed E-state index contributed by atoms with van der Waals surface area (Å²) < 4.78 is 9.26. The molecule has 0 N–H and O–H groups in total. The third kappa shape index (κ3) is 3.51. The number of aromatic nitrogens is 2. The van der Waals surface area contributed by atoms with E-state index >= 15 is 0 Å². The van der Waals surface area contributed by atoms with Gasteiger partial charge in [-0.2, -0.15) is 0 Å². The van der Waals surface area contributed by atoms with Crippen LogP contribution in [0.15, 0.2) is 77.3 Å². The molecule has 0 unspecified atom stereocenters. The predicted molar refractivity (Wildman–Crippen MR) is 110 cm³/mol. The molecule has 1 heterocycles. The minimum atomic E-state index is 0.591. The summed E-state index contributed by atoms with van der Waals surface area (Å²) in [6, 6.07) is 24.6. The molecule has 4 rings (SSSR count). The fourth-order valence-corrected chi connectivity index (χ4v) is 3.35. The Morgan fingerprint density at radius 3 is 2.58 bits per heavy atom. The molecule has 0 radical (unpaired) electrons. The van der Waals surface area contributed by atoms with Crippen molar-refractivity contribution in [3.8, 4) is 17.1 Å². The molecule has 0 saturated heterocycles. The summed E-state index contributed by atoms with van der Waals surface area (Å²) in [6.45, 7) is 3.40. The lowest BCUT2D eigenvalue weighted by atomic mass is 10.2. The van der Waals surface area contributed by atoms with Gasteiger partial charge >= 0.3 is 0 Å². The van der Waals surface area contributed by atoms with E-state index in [0.717, 1.165) is 39.2 Å². The van der Waals surface area contributed by atoms with Crippen molar-refractivity contribution in [3.05, 3.63) is 82.8 Å². The Labute approximate surface area is 161 Å². The van der Waals surface area contributed by atoms with Crippen LogP contribution in [0, 0.1) is 6.92 Å². The van der Waals surface area contributed by atoms with Crippen molar-refractivity contribution in [1.29, 1.82) is 0 Å². The number of para-hydroxylation sites is 2. The number of hydrogen-bond acceptors (Lipinski definition) is 2. The van der Waals surface area contributed by atoms with Crippen molar-refractivity contribution >= 4 is 27.0 Å². The first-order valence-electron chi connectivity index (χ1n) is 8.61. The largest absolute Gasteiger partial charge is 0.492 e. The van der Waals surface area contributed by atoms with E-state index in [2.05, 4.69) is 63.8 Å². The number of rotatable bonds is 5. The minimum Gasteiger partial charge on any atom is -0.492 e. The summed E-state index contributed by atoms with van der Waals surface area (Å²) in [6.07, 6.45) is 0. The number of ether oxygens (including phenoxy) is 1. The van der Waals surface area contributed by atoms with Crippen molar-refractivity contribution in [2.75, 3.05) is 6.61 Å². The molecule has 26 heavy (non-hydrogen) atoms. The molecule has 0 atom stereocenters. The predicted octanol–water partition coefficient (Wildman–Crippen LogP) is 5.85. The van der Waals surface area contributed by atoms with E-state index in [1.165, 1.54) is 5.56 Å². The van der Waals surface area contributed by atoms with Crippen LogP contribution < -0.4 is 4.74 Å². The van der Waals surface area contributed by atoms with Gasteiger partial charge in [-0.05, 0) is 48.9 Å². The zero-order chi connectivity index (χ0) is 17.9. The van der Waals surface area contributed by atoms with Crippen LogP contribution in [0.3, 0.4) is 0 Å². The molecule has 0 aliphatic carbocycles. The SMILES string of the molecule is Cc1cccc(OCCn2c(-c3ccc(Br)cc3)nc3ccccc32)c1. The molecule has 0 spiro atoms. The van der Waals surface area contributed by atoms with Crippen LogP contribution in [0.2, 0.25) is 0 Å². The van der Waals surface area contributed by atoms with E-state index in [4.69, 9.17) is 9.72 Å². The van der Waals surface area contributed by atoms with E-state index in [1.807, 2.05) is 36.4 Å².